The van der Waals surface area contributed by atoms with E-state index < -0.39 is 6.04 Å². The molecule has 2 amide bonds. The molecule has 0 aliphatic carbocycles. The third-order valence-corrected chi connectivity index (χ3v) is 7.31. The zero-order chi connectivity index (χ0) is 25.6. The summed E-state index contributed by atoms with van der Waals surface area (Å²) in [5.74, 6) is 0.179. The number of nitrogens with zero attached hydrogens (tertiary/aromatic N) is 4. The van der Waals surface area contributed by atoms with Crippen LogP contribution in [0.4, 0.5) is 0 Å². The van der Waals surface area contributed by atoms with E-state index in [1.807, 2.05) is 53.9 Å². The Morgan fingerprint density at radius 1 is 1.19 bits per heavy atom. The Kier molecular flexibility index (Phi) is 7.76. The summed E-state index contributed by atoms with van der Waals surface area (Å²) in [6.45, 7) is 1.35. The van der Waals surface area contributed by atoms with Gasteiger partial charge in [-0.3, -0.25) is 9.59 Å². The van der Waals surface area contributed by atoms with E-state index in [1.54, 1.807) is 40.2 Å². The maximum atomic E-state index is 13.9. The van der Waals surface area contributed by atoms with Crippen molar-refractivity contribution >= 4 is 34.2 Å². The van der Waals surface area contributed by atoms with Gasteiger partial charge in [0.05, 0.1) is 25.3 Å². The number of para-hydroxylation sites is 1. The summed E-state index contributed by atoms with van der Waals surface area (Å²) >= 11 is 1.54. The fourth-order valence-electron chi connectivity index (χ4n) is 4.52. The van der Waals surface area contributed by atoms with Gasteiger partial charge in [-0.25, -0.2) is 4.68 Å². The number of rotatable bonds is 10. The number of hydrogen-bond acceptors (Lipinski definition) is 7. The number of amides is 2. The molecule has 0 saturated carbocycles. The topological polar surface area (TPSA) is 98.6 Å². The highest BCUT2D eigenvalue weighted by Gasteiger charge is 2.33. The van der Waals surface area contributed by atoms with Crippen molar-refractivity contribution in [1.29, 1.82) is 0 Å². The molecule has 4 aromatic rings. The number of carbonyl (C=O) groups is 2. The predicted molar refractivity (Wildman–Crippen MR) is 140 cm³/mol. The average molecular weight is 520 g/mol. The van der Waals surface area contributed by atoms with Gasteiger partial charge in [0, 0.05) is 18.0 Å². The molecule has 1 N–H and O–H groups in total. The Morgan fingerprint density at radius 2 is 2.03 bits per heavy atom. The van der Waals surface area contributed by atoms with Gasteiger partial charge in [-0.05, 0) is 54.1 Å². The Balaban J connectivity index is 1.47. The summed E-state index contributed by atoms with van der Waals surface area (Å²) in [4.78, 5) is 30.2. The summed E-state index contributed by atoms with van der Waals surface area (Å²) in [5.41, 5.74) is 2.16. The van der Waals surface area contributed by atoms with Crippen LogP contribution in [0.15, 0.2) is 66.0 Å². The van der Waals surface area contributed by atoms with Crippen LogP contribution in [-0.4, -0.2) is 58.1 Å². The molecular weight excluding hydrogens is 490 g/mol. The van der Waals surface area contributed by atoms with E-state index in [9.17, 15) is 9.59 Å². The second kappa shape index (κ2) is 11.5. The minimum atomic E-state index is -0.850. The highest BCUT2D eigenvalue weighted by atomic mass is 32.1. The molecule has 2 aromatic heterocycles. The molecule has 3 heterocycles. The van der Waals surface area contributed by atoms with Crippen LogP contribution >= 0.6 is 11.3 Å². The smallest absolute Gasteiger partial charge is 0.247 e. The van der Waals surface area contributed by atoms with Crippen LogP contribution < -0.4 is 10.1 Å². The van der Waals surface area contributed by atoms with Crippen molar-refractivity contribution in [1.82, 2.24) is 25.2 Å². The van der Waals surface area contributed by atoms with Gasteiger partial charge in [0.1, 0.15) is 23.9 Å². The molecule has 0 bridgehead atoms. The van der Waals surface area contributed by atoms with Gasteiger partial charge in [0.2, 0.25) is 11.8 Å². The third-order valence-electron chi connectivity index (χ3n) is 6.45. The molecule has 0 spiro atoms. The van der Waals surface area contributed by atoms with E-state index in [4.69, 9.17) is 9.47 Å². The van der Waals surface area contributed by atoms with Crippen molar-refractivity contribution in [2.24, 2.45) is 0 Å². The lowest BCUT2D eigenvalue weighted by molar-refractivity contribution is -0.142. The van der Waals surface area contributed by atoms with Crippen LogP contribution in [0.1, 0.15) is 29.3 Å². The molecule has 9 nitrogen and oxygen atoms in total. The zero-order valence-corrected chi connectivity index (χ0v) is 21.4. The van der Waals surface area contributed by atoms with Gasteiger partial charge < -0.3 is 19.7 Å². The third kappa shape index (κ3) is 5.81. The highest BCUT2D eigenvalue weighted by Crippen LogP contribution is 2.28. The Bertz CT molecular complexity index is 1330. The van der Waals surface area contributed by atoms with Crippen LogP contribution in [0.25, 0.3) is 11.0 Å². The second-order valence-electron chi connectivity index (χ2n) is 8.89. The van der Waals surface area contributed by atoms with E-state index in [0.29, 0.717) is 30.0 Å². The molecule has 1 aliphatic heterocycles. The number of thiophene rings is 1. The lowest BCUT2D eigenvalue weighted by atomic mass is 10.0. The van der Waals surface area contributed by atoms with Crippen LogP contribution in [0.2, 0.25) is 0 Å². The van der Waals surface area contributed by atoms with Crippen molar-refractivity contribution in [2.45, 2.75) is 38.1 Å². The van der Waals surface area contributed by atoms with Crippen molar-refractivity contribution < 1.29 is 19.1 Å². The quantitative estimate of drug-likeness (QED) is 0.344. The first kappa shape index (κ1) is 24.9. The van der Waals surface area contributed by atoms with Gasteiger partial charge in [-0.1, -0.05) is 35.5 Å². The Morgan fingerprint density at radius 3 is 2.76 bits per heavy atom. The monoisotopic (exact) mass is 519 g/mol. The molecule has 1 fully saturated rings. The lowest BCUT2D eigenvalue weighted by Gasteiger charge is -2.31. The number of carbonyl (C=O) groups excluding carboxylic acids is 2. The second-order valence-corrected chi connectivity index (χ2v) is 9.92. The van der Waals surface area contributed by atoms with E-state index in [-0.39, 0.29) is 31.0 Å². The summed E-state index contributed by atoms with van der Waals surface area (Å²) in [6.07, 6.45) is 1.88. The van der Waals surface area contributed by atoms with Gasteiger partial charge in [-0.15, -0.1) is 16.4 Å². The fourth-order valence-corrected chi connectivity index (χ4v) is 5.23. The predicted octanol–water partition coefficient (Wildman–Crippen LogP) is 3.57. The minimum absolute atomic E-state index is 0.0107. The van der Waals surface area contributed by atoms with Crippen molar-refractivity contribution in [3.63, 3.8) is 0 Å². The van der Waals surface area contributed by atoms with E-state index in [1.165, 1.54) is 0 Å². The van der Waals surface area contributed by atoms with Crippen LogP contribution in [0, 0.1) is 0 Å². The van der Waals surface area contributed by atoms with Gasteiger partial charge in [-0.2, -0.15) is 0 Å². The number of methoxy groups -OCH3 is 1. The number of nitrogens with one attached hydrogen (secondary N) is 1. The lowest BCUT2D eigenvalue weighted by Crippen LogP contribution is -2.46. The summed E-state index contributed by atoms with van der Waals surface area (Å²) in [5, 5.41) is 13.4. The van der Waals surface area contributed by atoms with E-state index in [0.717, 1.165) is 23.2 Å². The summed E-state index contributed by atoms with van der Waals surface area (Å²) in [6, 6.07) is 17.8. The standard InChI is InChI=1S/C27H29N5O4S/c1-35-20-12-10-19(11-13-20)26(27(34)28-16-21-6-4-14-36-21)31(17-22-7-5-15-37-22)25(33)18-32-24-9-3-2-8-23(24)29-30-32/h2-3,5,7-13,15,21,26H,4,6,14,16-18H2,1H3,(H,28,34)/t21-,26-/m1/s1. The average Bonchev–Trinajstić information content (AvgIpc) is 3.71. The largest absolute Gasteiger partial charge is 0.497 e. The molecule has 2 atom stereocenters. The first-order valence-electron chi connectivity index (χ1n) is 12.3. The molecule has 37 heavy (non-hydrogen) atoms. The van der Waals surface area contributed by atoms with Gasteiger partial charge >= 0.3 is 0 Å². The molecule has 5 rings (SSSR count). The number of aromatic nitrogens is 3. The van der Waals surface area contributed by atoms with Gasteiger partial charge in [0.25, 0.3) is 0 Å². The van der Waals surface area contributed by atoms with Crippen molar-refractivity contribution in [3.8, 4) is 5.75 Å². The van der Waals surface area contributed by atoms with E-state index in [2.05, 4.69) is 15.6 Å². The Hall–Kier alpha value is -3.76. The van der Waals surface area contributed by atoms with Crippen LogP contribution in [0.5, 0.6) is 5.75 Å². The number of hydrogen-bond donors (Lipinski definition) is 1. The molecule has 2 aromatic carbocycles. The van der Waals surface area contributed by atoms with Gasteiger partial charge in [0.15, 0.2) is 0 Å². The highest BCUT2D eigenvalue weighted by molar-refractivity contribution is 7.09. The number of fused-ring (bicyclic) bond motifs is 1. The molecule has 1 aliphatic rings. The zero-order valence-electron chi connectivity index (χ0n) is 20.6. The SMILES string of the molecule is COc1ccc([C@H](C(=O)NC[C@H]2CCCO2)N(Cc2cccs2)C(=O)Cn2nnc3ccccc32)cc1. The number of benzene rings is 2. The number of ether oxygens (including phenoxy) is 2. The van der Waals surface area contributed by atoms with Crippen molar-refractivity contribution in [2.75, 3.05) is 20.3 Å². The molecule has 192 valence electrons. The minimum Gasteiger partial charge on any atom is -0.497 e. The summed E-state index contributed by atoms with van der Waals surface area (Å²) in [7, 11) is 1.59. The van der Waals surface area contributed by atoms with E-state index >= 15 is 0 Å². The molecular formula is C27H29N5O4S. The normalized spacial score (nSPS) is 16.0. The first-order valence-corrected chi connectivity index (χ1v) is 13.1. The summed E-state index contributed by atoms with van der Waals surface area (Å²) < 4.78 is 12.6. The van der Waals surface area contributed by atoms with Crippen LogP contribution in [-0.2, 0) is 27.4 Å². The van der Waals surface area contributed by atoms with Crippen LogP contribution in [0.3, 0.4) is 0 Å². The maximum Gasteiger partial charge on any atom is 0.247 e. The molecule has 0 radical (unpaired) electrons. The molecule has 1 saturated heterocycles. The Labute approximate surface area is 219 Å². The first-order chi connectivity index (χ1) is 18.1. The molecule has 10 heteroatoms. The maximum absolute atomic E-state index is 13.9. The van der Waals surface area contributed by atoms with Crippen molar-refractivity contribution in [3.05, 3.63) is 76.5 Å². The molecule has 0 unspecified atom stereocenters. The fraction of sp³-hybridized carbons (Fsp3) is 0.333.